The number of hydrogen-bond donors (Lipinski definition) is 2. The first kappa shape index (κ1) is 10.4. The molecule has 0 atom stereocenters. The topological polar surface area (TPSA) is 57.5 Å². The quantitative estimate of drug-likeness (QED) is 0.774. The number of hydrogen-bond acceptors (Lipinski definition) is 2. The van der Waals surface area contributed by atoms with Crippen LogP contribution in [0.2, 0.25) is 0 Å². The number of rotatable bonds is 1. The summed E-state index contributed by atoms with van der Waals surface area (Å²) >= 11 is 0. The Morgan fingerprint density at radius 1 is 1.27 bits per heavy atom. The normalized spacial score (nSPS) is 8.36. The molecule has 3 nitrogen and oxygen atoms in total. The molecule has 0 bridgehead atoms. The summed E-state index contributed by atoms with van der Waals surface area (Å²) in [6.45, 7) is 0. The molecule has 55 valence electrons. The maximum absolute atomic E-state index is 10.3. The molecule has 0 saturated carbocycles. The average molecular weight is 253 g/mol. The predicted octanol–water partition coefficient (Wildman–Crippen LogP) is 0.710. The van der Waals surface area contributed by atoms with Crippen molar-refractivity contribution < 1.29 is 15.0 Å². The van der Waals surface area contributed by atoms with Crippen molar-refractivity contribution in [2.75, 3.05) is 0 Å². The molecule has 0 unspecified atom stereocenters. The van der Waals surface area contributed by atoms with E-state index in [2.05, 4.69) is 0 Å². The number of para-hydroxylation sites is 1. The van der Waals surface area contributed by atoms with Crippen LogP contribution in [0.3, 0.4) is 0 Å². The predicted molar refractivity (Wildman–Crippen MR) is 40.8 cm³/mol. The smallest absolute Gasteiger partial charge is 0.339 e. The van der Waals surface area contributed by atoms with Crippen LogP contribution in [-0.2, 0) is 0 Å². The second-order valence-corrected chi connectivity index (χ2v) is 1.82. The van der Waals surface area contributed by atoms with Gasteiger partial charge in [0.05, 0.1) is 0 Å². The molecule has 0 saturated heterocycles. The Balaban J connectivity index is 0.000001000. The van der Waals surface area contributed by atoms with Crippen LogP contribution in [0.5, 0.6) is 5.75 Å². The first-order chi connectivity index (χ1) is 4.72. The molecule has 0 aromatic heterocycles. The van der Waals surface area contributed by atoms with Crippen LogP contribution in [0.25, 0.3) is 0 Å². The summed E-state index contributed by atoms with van der Waals surface area (Å²) in [4.78, 5) is 10.3. The van der Waals surface area contributed by atoms with Gasteiger partial charge in [-0.3, -0.25) is 0 Å². The number of aromatic hydroxyl groups is 1. The van der Waals surface area contributed by atoms with Crippen molar-refractivity contribution in [3.63, 3.8) is 0 Å². The van der Waals surface area contributed by atoms with Crippen molar-refractivity contribution in [1.29, 1.82) is 0 Å². The Morgan fingerprint density at radius 3 is 2.18 bits per heavy atom. The fraction of sp³-hybridized carbons (Fsp3) is 0. The molecular formula is C7H6InO3. The van der Waals surface area contributed by atoms with E-state index in [0.717, 1.165) is 0 Å². The summed E-state index contributed by atoms with van der Waals surface area (Å²) in [6.07, 6.45) is 0. The van der Waals surface area contributed by atoms with Gasteiger partial charge < -0.3 is 10.2 Å². The Hall–Kier alpha value is -0.640. The molecule has 0 aliphatic carbocycles. The standard InChI is InChI=1S/C7H6O3.In/c8-6-4-2-1-3-5(6)7(9)10;/h1-4,8H,(H,9,10);. The van der Waals surface area contributed by atoms with E-state index in [9.17, 15) is 4.79 Å². The molecule has 1 rings (SSSR count). The fourth-order valence-electron chi connectivity index (χ4n) is 0.654. The van der Waals surface area contributed by atoms with Crippen LogP contribution in [0.1, 0.15) is 10.4 Å². The van der Waals surface area contributed by atoms with Gasteiger partial charge in [0.1, 0.15) is 11.3 Å². The number of carbonyl (C=O) groups is 1. The van der Waals surface area contributed by atoms with Crippen LogP contribution in [0.15, 0.2) is 24.3 Å². The van der Waals surface area contributed by atoms with E-state index in [-0.39, 0.29) is 37.2 Å². The van der Waals surface area contributed by atoms with E-state index >= 15 is 0 Å². The third-order valence-electron chi connectivity index (χ3n) is 1.13. The second kappa shape index (κ2) is 4.28. The van der Waals surface area contributed by atoms with Gasteiger partial charge >= 0.3 is 5.97 Å². The van der Waals surface area contributed by atoms with E-state index < -0.39 is 5.97 Å². The summed E-state index contributed by atoms with van der Waals surface area (Å²) in [5, 5.41) is 17.3. The van der Waals surface area contributed by atoms with Gasteiger partial charge in [-0.1, -0.05) is 12.1 Å². The van der Waals surface area contributed by atoms with Crippen molar-refractivity contribution in [2.45, 2.75) is 0 Å². The minimum atomic E-state index is -1.11. The van der Waals surface area contributed by atoms with Crippen LogP contribution >= 0.6 is 0 Å². The Labute approximate surface area is 82.5 Å². The molecule has 1 aromatic carbocycles. The van der Waals surface area contributed by atoms with Gasteiger partial charge in [0, 0.05) is 25.8 Å². The van der Waals surface area contributed by atoms with Crippen LogP contribution in [0, 0.1) is 0 Å². The van der Waals surface area contributed by atoms with E-state index in [1.54, 1.807) is 12.1 Å². The number of carboxylic acid groups (broad SMARTS) is 1. The number of benzene rings is 1. The van der Waals surface area contributed by atoms with Crippen molar-refractivity contribution in [3.8, 4) is 5.75 Å². The first-order valence-corrected chi connectivity index (χ1v) is 2.73. The molecule has 2 N–H and O–H groups in total. The average Bonchev–Trinajstić information content (AvgIpc) is 1.88. The summed E-state index contributed by atoms with van der Waals surface area (Å²) in [7, 11) is 0. The monoisotopic (exact) mass is 253 g/mol. The molecule has 11 heavy (non-hydrogen) atoms. The molecule has 0 fully saturated rings. The maximum Gasteiger partial charge on any atom is 0.339 e. The molecule has 0 heterocycles. The number of aromatic carboxylic acids is 1. The fourth-order valence-corrected chi connectivity index (χ4v) is 0.654. The van der Waals surface area contributed by atoms with Gasteiger partial charge in [0.2, 0.25) is 0 Å². The van der Waals surface area contributed by atoms with E-state index in [0.29, 0.717) is 0 Å². The van der Waals surface area contributed by atoms with Gasteiger partial charge in [0.15, 0.2) is 0 Å². The largest absolute Gasteiger partial charge is 0.507 e. The van der Waals surface area contributed by atoms with Crippen LogP contribution < -0.4 is 0 Å². The Bertz CT molecular complexity index is 260. The molecule has 0 aliphatic heterocycles. The second-order valence-electron chi connectivity index (χ2n) is 1.82. The number of phenols is 1. The Kier molecular flexibility index (Phi) is 4.03. The van der Waals surface area contributed by atoms with Crippen molar-refractivity contribution in [1.82, 2.24) is 0 Å². The van der Waals surface area contributed by atoms with Crippen LogP contribution in [0.4, 0.5) is 0 Å². The molecule has 3 radical (unpaired) electrons. The minimum absolute atomic E-state index is 0. The first-order valence-electron chi connectivity index (χ1n) is 2.73. The minimum Gasteiger partial charge on any atom is -0.507 e. The maximum atomic E-state index is 10.3. The summed E-state index contributed by atoms with van der Waals surface area (Å²) in [5.74, 6) is -1.31. The zero-order chi connectivity index (χ0) is 7.56. The number of carboxylic acids is 1. The molecular weight excluding hydrogens is 247 g/mol. The van der Waals surface area contributed by atoms with Gasteiger partial charge in [-0.25, -0.2) is 4.79 Å². The molecule has 0 spiro atoms. The third kappa shape index (κ3) is 2.46. The SMILES string of the molecule is O=C(O)c1ccccc1O.[In]. The van der Waals surface area contributed by atoms with E-state index in [1.165, 1.54) is 12.1 Å². The van der Waals surface area contributed by atoms with Crippen molar-refractivity contribution in [2.24, 2.45) is 0 Å². The van der Waals surface area contributed by atoms with Gasteiger partial charge in [-0.05, 0) is 12.1 Å². The Morgan fingerprint density at radius 2 is 1.82 bits per heavy atom. The van der Waals surface area contributed by atoms with Gasteiger partial charge in [-0.2, -0.15) is 0 Å². The molecule has 4 heteroatoms. The van der Waals surface area contributed by atoms with Crippen LogP contribution in [-0.4, -0.2) is 42.0 Å². The molecule has 0 aliphatic rings. The summed E-state index contributed by atoms with van der Waals surface area (Å²) in [5.41, 5.74) is -0.0671. The van der Waals surface area contributed by atoms with E-state index in [1.807, 2.05) is 0 Å². The van der Waals surface area contributed by atoms with Crippen molar-refractivity contribution in [3.05, 3.63) is 29.8 Å². The van der Waals surface area contributed by atoms with Gasteiger partial charge in [0.25, 0.3) is 0 Å². The zero-order valence-electron chi connectivity index (χ0n) is 5.69. The van der Waals surface area contributed by atoms with Gasteiger partial charge in [-0.15, -0.1) is 0 Å². The van der Waals surface area contributed by atoms with Crippen molar-refractivity contribution >= 4 is 31.8 Å². The molecule has 0 amide bonds. The molecule has 1 aromatic rings. The third-order valence-corrected chi connectivity index (χ3v) is 1.13. The summed E-state index contributed by atoms with van der Waals surface area (Å²) in [6, 6.07) is 5.81. The summed E-state index contributed by atoms with van der Waals surface area (Å²) < 4.78 is 0. The zero-order valence-corrected chi connectivity index (χ0v) is 8.99. The van der Waals surface area contributed by atoms with E-state index in [4.69, 9.17) is 10.2 Å².